The predicted octanol–water partition coefficient (Wildman–Crippen LogP) is 4.05. The number of methoxy groups -OCH3 is 2. The number of amides is 1. The van der Waals surface area contributed by atoms with E-state index in [1.807, 2.05) is 0 Å². The highest BCUT2D eigenvalue weighted by atomic mass is 127. The van der Waals surface area contributed by atoms with E-state index in [-0.39, 0.29) is 5.91 Å². The summed E-state index contributed by atoms with van der Waals surface area (Å²) in [6.45, 7) is 0. The number of nitrogens with one attached hydrogen (secondary N) is 1. The largest absolute Gasteiger partial charge is 0.496 e. The van der Waals surface area contributed by atoms with Crippen molar-refractivity contribution in [3.05, 3.63) is 43.3 Å². The molecule has 1 aromatic carbocycles. The Morgan fingerprint density at radius 1 is 1.27 bits per heavy atom. The number of anilines is 1. The first kappa shape index (κ1) is 17.0. The lowest BCUT2D eigenvalue weighted by Crippen LogP contribution is -2.12. The molecule has 1 amide bonds. The topological polar surface area (TPSA) is 64.6 Å². The molecule has 1 heterocycles. The minimum atomic E-state index is -0.444. The van der Waals surface area contributed by atoms with E-state index >= 15 is 0 Å². The SMILES string of the molecule is COC(=O)c1ccc(NC(=O)c2cc(Cl)c(I)cc2OC)s1. The zero-order valence-corrected chi connectivity index (χ0v) is 15.3. The number of carbonyl (C=O) groups excluding carboxylic acids is 2. The van der Waals surface area contributed by atoms with Crippen molar-refractivity contribution in [2.75, 3.05) is 19.5 Å². The number of ether oxygens (including phenoxy) is 2. The summed E-state index contributed by atoms with van der Waals surface area (Å²) in [5.41, 5.74) is 0.320. The molecule has 2 aromatic rings. The Hall–Kier alpha value is -1.32. The van der Waals surface area contributed by atoms with Crippen molar-refractivity contribution < 1.29 is 19.1 Å². The maximum Gasteiger partial charge on any atom is 0.348 e. The summed E-state index contributed by atoms with van der Waals surface area (Å²) in [7, 11) is 2.79. The molecule has 0 aliphatic carbocycles. The van der Waals surface area contributed by atoms with Gasteiger partial charge in [-0.15, -0.1) is 11.3 Å². The summed E-state index contributed by atoms with van der Waals surface area (Å²) in [6, 6.07) is 6.46. The minimum absolute atomic E-state index is 0.320. The maximum absolute atomic E-state index is 12.3. The summed E-state index contributed by atoms with van der Waals surface area (Å²) in [5, 5.41) is 3.71. The van der Waals surface area contributed by atoms with Gasteiger partial charge in [0, 0.05) is 3.57 Å². The van der Waals surface area contributed by atoms with Crippen LogP contribution in [0.1, 0.15) is 20.0 Å². The first-order valence-electron chi connectivity index (χ1n) is 5.98. The lowest BCUT2D eigenvalue weighted by Gasteiger charge is -2.10. The molecule has 1 N–H and O–H groups in total. The highest BCUT2D eigenvalue weighted by molar-refractivity contribution is 14.1. The molecule has 0 atom stereocenters. The van der Waals surface area contributed by atoms with E-state index < -0.39 is 5.97 Å². The maximum atomic E-state index is 12.3. The number of benzene rings is 1. The molecule has 0 bridgehead atoms. The number of carbonyl (C=O) groups is 2. The number of hydrogen-bond acceptors (Lipinski definition) is 5. The zero-order valence-electron chi connectivity index (χ0n) is 11.6. The molecule has 0 spiro atoms. The van der Waals surface area contributed by atoms with Crippen molar-refractivity contribution >= 4 is 62.4 Å². The van der Waals surface area contributed by atoms with Crippen molar-refractivity contribution in [2.45, 2.75) is 0 Å². The summed E-state index contributed by atoms with van der Waals surface area (Å²) in [5.74, 6) is -0.384. The van der Waals surface area contributed by atoms with Crippen LogP contribution in [-0.4, -0.2) is 26.1 Å². The van der Waals surface area contributed by atoms with E-state index in [1.165, 1.54) is 14.2 Å². The van der Waals surface area contributed by atoms with Crippen LogP contribution in [-0.2, 0) is 4.74 Å². The van der Waals surface area contributed by atoms with E-state index in [2.05, 4.69) is 32.6 Å². The molecule has 0 saturated carbocycles. The predicted molar refractivity (Wildman–Crippen MR) is 94.3 cm³/mol. The fourth-order valence-corrected chi connectivity index (χ4v) is 3.09. The van der Waals surface area contributed by atoms with Gasteiger partial charge in [-0.25, -0.2) is 4.79 Å². The molecule has 1 aromatic heterocycles. The molecular formula is C14H11ClINO4S. The molecule has 22 heavy (non-hydrogen) atoms. The molecule has 0 saturated heterocycles. The van der Waals surface area contributed by atoms with E-state index in [0.29, 0.717) is 26.2 Å². The third-order valence-corrected chi connectivity index (χ3v) is 5.22. The van der Waals surface area contributed by atoms with Gasteiger partial charge in [-0.2, -0.15) is 0 Å². The summed E-state index contributed by atoms with van der Waals surface area (Å²) >= 11 is 9.24. The van der Waals surface area contributed by atoms with Crippen LogP contribution in [0.5, 0.6) is 5.75 Å². The minimum Gasteiger partial charge on any atom is -0.496 e. The second-order valence-corrected chi connectivity index (χ2v) is 6.73. The van der Waals surface area contributed by atoms with Gasteiger partial charge in [0.25, 0.3) is 5.91 Å². The highest BCUT2D eigenvalue weighted by Crippen LogP contribution is 2.30. The third-order valence-electron chi connectivity index (χ3n) is 2.72. The van der Waals surface area contributed by atoms with Crippen molar-refractivity contribution in [1.82, 2.24) is 0 Å². The Labute approximate surface area is 149 Å². The van der Waals surface area contributed by atoms with Crippen LogP contribution in [0.15, 0.2) is 24.3 Å². The Morgan fingerprint density at radius 2 is 2.00 bits per heavy atom. The van der Waals surface area contributed by atoms with E-state index in [4.69, 9.17) is 16.3 Å². The molecule has 0 radical (unpaired) electrons. The Morgan fingerprint density at radius 3 is 2.64 bits per heavy atom. The van der Waals surface area contributed by atoms with Crippen molar-refractivity contribution in [3.8, 4) is 5.75 Å². The number of halogens is 2. The van der Waals surface area contributed by atoms with Gasteiger partial charge in [0.2, 0.25) is 0 Å². The van der Waals surface area contributed by atoms with E-state index in [0.717, 1.165) is 14.9 Å². The van der Waals surface area contributed by atoms with Gasteiger partial charge in [-0.1, -0.05) is 11.6 Å². The second kappa shape index (κ2) is 7.30. The van der Waals surface area contributed by atoms with E-state index in [9.17, 15) is 9.59 Å². The number of esters is 1. The van der Waals surface area contributed by atoms with Crippen LogP contribution in [0.4, 0.5) is 5.00 Å². The lowest BCUT2D eigenvalue weighted by atomic mass is 10.2. The molecule has 0 aliphatic heterocycles. The molecule has 0 unspecified atom stereocenters. The average Bonchev–Trinajstić information content (AvgIpc) is 2.97. The summed E-state index contributed by atoms with van der Waals surface area (Å²) in [6.07, 6.45) is 0. The van der Waals surface area contributed by atoms with Gasteiger partial charge in [0.15, 0.2) is 0 Å². The standard InChI is InChI=1S/C14H11ClINO4S/c1-20-10-6-9(16)8(15)5-7(10)13(18)17-12-4-3-11(22-12)14(19)21-2/h3-6H,1-2H3,(H,17,18). The van der Waals surface area contributed by atoms with Gasteiger partial charge in [0.1, 0.15) is 10.6 Å². The Bertz CT molecular complexity index is 732. The lowest BCUT2D eigenvalue weighted by molar-refractivity contribution is 0.0606. The Balaban J connectivity index is 2.24. The van der Waals surface area contributed by atoms with Gasteiger partial charge in [0.05, 0.1) is 29.8 Å². The van der Waals surface area contributed by atoms with Crippen LogP contribution in [0.2, 0.25) is 5.02 Å². The molecule has 5 nitrogen and oxygen atoms in total. The van der Waals surface area contributed by atoms with Gasteiger partial charge >= 0.3 is 5.97 Å². The fraction of sp³-hybridized carbons (Fsp3) is 0.143. The summed E-state index contributed by atoms with van der Waals surface area (Å²) < 4.78 is 10.6. The third kappa shape index (κ3) is 3.71. The zero-order chi connectivity index (χ0) is 16.3. The van der Waals surface area contributed by atoms with Crippen LogP contribution in [0, 0.1) is 3.57 Å². The second-order valence-electron chi connectivity index (χ2n) is 4.08. The normalized spacial score (nSPS) is 10.2. The summed E-state index contributed by atoms with van der Waals surface area (Å²) in [4.78, 5) is 24.2. The first-order chi connectivity index (χ1) is 10.5. The molecule has 0 fully saturated rings. The van der Waals surface area contributed by atoms with Crippen molar-refractivity contribution in [2.24, 2.45) is 0 Å². The molecule has 2 rings (SSSR count). The smallest absolute Gasteiger partial charge is 0.348 e. The van der Waals surface area contributed by atoms with Crippen LogP contribution in [0.25, 0.3) is 0 Å². The van der Waals surface area contributed by atoms with Crippen LogP contribution >= 0.6 is 45.5 Å². The van der Waals surface area contributed by atoms with Crippen LogP contribution < -0.4 is 10.1 Å². The molecular weight excluding hydrogens is 441 g/mol. The van der Waals surface area contributed by atoms with Crippen molar-refractivity contribution in [1.29, 1.82) is 0 Å². The van der Waals surface area contributed by atoms with E-state index in [1.54, 1.807) is 24.3 Å². The number of rotatable bonds is 4. The Kier molecular flexibility index (Phi) is 5.65. The van der Waals surface area contributed by atoms with Gasteiger partial charge < -0.3 is 14.8 Å². The monoisotopic (exact) mass is 451 g/mol. The number of hydrogen-bond donors (Lipinski definition) is 1. The van der Waals surface area contributed by atoms with Crippen LogP contribution in [0.3, 0.4) is 0 Å². The molecule has 0 aliphatic rings. The molecule has 116 valence electrons. The molecule has 8 heteroatoms. The quantitative estimate of drug-likeness (QED) is 0.563. The van der Waals surface area contributed by atoms with Gasteiger partial charge in [-0.3, -0.25) is 4.79 Å². The highest BCUT2D eigenvalue weighted by Gasteiger charge is 2.17. The average molecular weight is 452 g/mol. The first-order valence-corrected chi connectivity index (χ1v) is 8.26. The van der Waals surface area contributed by atoms with Gasteiger partial charge in [-0.05, 0) is 46.9 Å². The number of thiophene rings is 1. The van der Waals surface area contributed by atoms with Crippen molar-refractivity contribution in [3.63, 3.8) is 0 Å². The fourth-order valence-electron chi connectivity index (χ4n) is 1.67.